The summed E-state index contributed by atoms with van der Waals surface area (Å²) in [4.78, 5) is 24.9. The van der Waals surface area contributed by atoms with E-state index in [1.165, 1.54) is 19.3 Å². The fourth-order valence-corrected chi connectivity index (χ4v) is 3.86. The van der Waals surface area contributed by atoms with Crippen molar-refractivity contribution in [3.63, 3.8) is 0 Å². The molecule has 28 heavy (non-hydrogen) atoms. The lowest BCUT2D eigenvalue weighted by Crippen LogP contribution is -2.28. The molecular weight excluding hydrogens is 370 g/mol. The SMILES string of the molecule is CCCCCCC(C)C(=O)NCc1cccc(-c2ccc(C=CC(=O)O)s2)c1. The molecule has 0 saturated carbocycles. The number of benzene rings is 1. The summed E-state index contributed by atoms with van der Waals surface area (Å²) < 4.78 is 0. The van der Waals surface area contributed by atoms with Gasteiger partial charge in [0.2, 0.25) is 5.91 Å². The van der Waals surface area contributed by atoms with Gasteiger partial charge in [0, 0.05) is 28.3 Å². The Morgan fingerprint density at radius 1 is 1.18 bits per heavy atom. The highest BCUT2D eigenvalue weighted by Crippen LogP contribution is 2.29. The molecule has 0 radical (unpaired) electrons. The first-order valence-corrected chi connectivity index (χ1v) is 10.7. The minimum Gasteiger partial charge on any atom is -0.478 e. The van der Waals surface area contributed by atoms with Gasteiger partial charge < -0.3 is 10.4 Å². The molecule has 150 valence electrons. The quantitative estimate of drug-likeness (QED) is 0.374. The van der Waals surface area contributed by atoms with Gasteiger partial charge in [-0.3, -0.25) is 4.79 Å². The summed E-state index contributed by atoms with van der Waals surface area (Å²) in [5.41, 5.74) is 2.12. The van der Waals surface area contributed by atoms with E-state index in [2.05, 4.69) is 18.3 Å². The summed E-state index contributed by atoms with van der Waals surface area (Å²) in [6.07, 6.45) is 8.42. The van der Waals surface area contributed by atoms with Crippen LogP contribution in [0.1, 0.15) is 56.4 Å². The minimum absolute atomic E-state index is 0.0425. The second-order valence-corrected chi connectivity index (χ2v) is 8.16. The molecule has 1 aromatic carbocycles. The third-order valence-electron chi connectivity index (χ3n) is 4.63. The fraction of sp³-hybridized carbons (Fsp3) is 0.391. The number of nitrogens with one attached hydrogen (secondary N) is 1. The Balaban J connectivity index is 1.91. The van der Waals surface area contributed by atoms with Crippen molar-refractivity contribution in [3.8, 4) is 10.4 Å². The first-order valence-electron chi connectivity index (χ1n) is 9.87. The molecule has 0 fully saturated rings. The molecule has 5 heteroatoms. The van der Waals surface area contributed by atoms with E-state index in [1.54, 1.807) is 17.4 Å². The largest absolute Gasteiger partial charge is 0.478 e. The number of aliphatic carboxylic acids is 1. The van der Waals surface area contributed by atoms with E-state index < -0.39 is 5.97 Å². The number of hydrogen-bond acceptors (Lipinski definition) is 3. The lowest BCUT2D eigenvalue weighted by atomic mass is 10.0. The van der Waals surface area contributed by atoms with Crippen molar-refractivity contribution in [2.45, 2.75) is 52.5 Å². The Labute approximate surface area is 171 Å². The zero-order valence-corrected chi connectivity index (χ0v) is 17.4. The van der Waals surface area contributed by atoms with Gasteiger partial charge in [-0.1, -0.05) is 57.7 Å². The Bertz CT molecular complexity index is 810. The zero-order valence-electron chi connectivity index (χ0n) is 16.6. The van der Waals surface area contributed by atoms with Crippen molar-refractivity contribution in [2.24, 2.45) is 5.92 Å². The first kappa shape index (κ1) is 21.9. The number of amides is 1. The Morgan fingerprint density at radius 3 is 2.75 bits per heavy atom. The average Bonchev–Trinajstić information content (AvgIpc) is 3.17. The van der Waals surface area contributed by atoms with Crippen molar-refractivity contribution >= 4 is 29.3 Å². The second-order valence-electron chi connectivity index (χ2n) is 7.04. The predicted octanol–water partition coefficient (Wildman–Crippen LogP) is 5.74. The molecule has 0 aliphatic rings. The molecule has 4 nitrogen and oxygen atoms in total. The van der Waals surface area contributed by atoms with Crippen LogP contribution in [0.3, 0.4) is 0 Å². The molecule has 0 saturated heterocycles. The van der Waals surface area contributed by atoms with E-state index in [9.17, 15) is 9.59 Å². The van der Waals surface area contributed by atoms with Gasteiger partial charge in [-0.15, -0.1) is 11.3 Å². The van der Waals surface area contributed by atoms with Gasteiger partial charge in [0.1, 0.15) is 0 Å². The summed E-state index contributed by atoms with van der Waals surface area (Å²) in [6, 6.07) is 12.0. The van der Waals surface area contributed by atoms with Crippen LogP contribution in [0.15, 0.2) is 42.5 Å². The maximum absolute atomic E-state index is 12.3. The van der Waals surface area contributed by atoms with Crippen LogP contribution in [0.5, 0.6) is 0 Å². The molecule has 1 unspecified atom stereocenters. The summed E-state index contributed by atoms with van der Waals surface area (Å²) in [6.45, 7) is 4.70. The van der Waals surface area contributed by atoms with Gasteiger partial charge in [-0.25, -0.2) is 4.79 Å². The first-order chi connectivity index (χ1) is 13.5. The lowest BCUT2D eigenvalue weighted by Gasteiger charge is -2.12. The molecule has 1 amide bonds. The molecule has 0 bridgehead atoms. The molecule has 2 rings (SSSR count). The van der Waals surface area contributed by atoms with Crippen LogP contribution in [0.4, 0.5) is 0 Å². The monoisotopic (exact) mass is 399 g/mol. The van der Waals surface area contributed by atoms with E-state index in [0.29, 0.717) is 6.54 Å². The summed E-state index contributed by atoms with van der Waals surface area (Å²) >= 11 is 1.54. The molecule has 1 heterocycles. The summed E-state index contributed by atoms with van der Waals surface area (Å²) in [7, 11) is 0. The Hall–Kier alpha value is -2.40. The van der Waals surface area contributed by atoms with Crippen LogP contribution >= 0.6 is 11.3 Å². The van der Waals surface area contributed by atoms with Crippen molar-refractivity contribution in [1.29, 1.82) is 0 Å². The smallest absolute Gasteiger partial charge is 0.328 e. The molecule has 2 N–H and O–H groups in total. The van der Waals surface area contributed by atoms with Gasteiger partial charge in [0.25, 0.3) is 0 Å². The van der Waals surface area contributed by atoms with E-state index in [0.717, 1.165) is 39.8 Å². The highest BCUT2D eigenvalue weighted by atomic mass is 32.1. The van der Waals surface area contributed by atoms with Crippen LogP contribution in [0, 0.1) is 5.92 Å². The maximum Gasteiger partial charge on any atom is 0.328 e. The van der Waals surface area contributed by atoms with Crippen molar-refractivity contribution < 1.29 is 14.7 Å². The Kier molecular flexibility index (Phi) is 8.95. The summed E-state index contributed by atoms with van der Waals surface area (Å²) in [5, 5.41) is 11.8. The van der Waals surface area contributed by atoms with Crippen LogP contribution in [0.2, 0.25) is 0 Å². The molecule has 0 aliphatic carbocycles. The number of carboxylic acid groups (broad SMARTS) is 1. The number of hydrogen-bond donors (Lipinski definition) is 2. The van der Waals surface area contributed by atoms with Gasteiger partial charge in [0.05, 0.1) is 0 Å². The zero-order chi connectivity index (χ0) is 20.4. The van der Waals surface area contributed by atoms with Crippen LogP contribution < -0.4 is 5.32 Å². The van der Waals surface area contributed by atoms with Crippen LogP contribution in [0.25, 0.3) is 16.5 Å². The normalized spacial score (nSPS) is 12.2. The molecule has 1 atom stereocenters. The molecule has 2 aromatic rings. The summed E-state index contributed by atoms with van der Waals surface area (Å²) in [5.74, 6) is -0.799. The number of unbranched alkanes of at least 4 members (excludes halogenated alkanes) is 3. The average molecular weight is 400 g/mol. The van der Waals surface area contributed by atoms with Crippen molar-refractivity contribution in [2.75, 3.05) is 0 Å². The lowest BCUT2D eigenvalue weighted by molar-refractivity contribution is -0.131. The fourth-order valence-electron chi connectivity index (χ4n) is 2.96. The Morgan fingerprint density at radius 2 is 2.00 bits per heavy atom. The van der Waals surface area contributed by atoms with Gasteiger partial charge >= 0.3 is 5.97 Å². The van der Waals surface area contributed by atoms with Crippen LogP contribution in [-0.2, 0) is 16.1 Å². The third kappa shape index (κ3) is 7.31. The van der Waals surface area contributed by atoms with Gasteiger partial charge in [0.15, 0.2) is 0 Å². The maximum atomic E-state index is 12.3. The van der Waals surface area contributed by atoms with Crippen LogP contribution in [-0.4, -0.2) is 17.0 Å². The standard InChI is InChI=1S/C23H29NO3S/c1-3-4-5-6-8-17(2)23(27)24-16-18-9-7-10-19(15-18)21-13-11-20(28-21)12-14-22(25)26/h7,9-15,17H,3-6,8,16H2,1-2H3,(H,24,27)(H,25,26). The number of rotatable bonds is 11. The van der Waals surface area contributed by atoms with Gasteiger partial charge in [-0.2, -0.15) is 0 Å². The third-order valence-corrected chi connectivity index (χ3v) is 5.73. The van der Waals surface area contributed by atoms with E-state index in [1.807, 2.05) is 37.3 Å². The topological polar surface area (TPSA) is 66.4 Å². The number of carbonyl (C=O) groups is 2. The number of carbonyl (C=O) groups excluding carboxylic acids is 1. The minimum atomic E-state index is -0.952. The van der Waals surface area contributed by atoms with E-state index in [-0.39, 0.29) is 11.8 Å². The number of thiophene rings is 1. The predicted molar refractivity (Wildman–Crippen MR) is 116 cm³/mol. The number of carboxylic acids is 1. The van der Waals surface area contributed by atoms with Crippen molar-refractivity contribution in [3.05, 3.63) is 52.9 Å². The molecule has 0 aliphatic heterocycles. The molecular formula is C23H29NO3S. The van der Waals surface area contributed by atoms with Gasteiger partial charge in [-0.05, 0) is 41.8 Å². The highest BCUT2D eigenvalue weighted by molar-refractivity contribution is 7.16. The second kappa shape index (κ2) is 11.4. The van der Waals surface area contributed by atoms with E-state index in [4.69, 9.17) is 5.11 Å². The highest BCUT2D eigenvalue weighted by Gasteiger charge is 2.12. The van der Waals surface area contributed by atoms with E-state index >= 15 is 0 Å². The molecule has 0 spiro atoms. The molecule has 1 aromatic heterocycles. The van der Waals surface area contributed by atoms with Crippen molar-refractivity contribution in [1.82, 2.24) is 5.32 Å².